The Morgan fingerprint density at radius 2 is 1.79 bits per heavy atom. The van der Waals surface area contributed by atoms with Gasteiger partial charge in [0.05, 0.1) is 5.69 Å². The first-order valence-electron chi connectivity index (χ1n) is 7.71. The minimum Gasteiger partial charge on any atom is -0.506 e. The third-order valence-corrected chi connectivity index (χ3v) is 4.58. The summed E-state index contributed by atoms with van der Waals surface area (Å²) in [5.41, 5.74) is 0.590. The molecule has 24 heavy (non-hydrogen) atoms. The van der Waals surface area contributed by atoms with E-state index in [4.69, 9.17) is 0 Å². The van der Waals surface area contributed by atoms with Crippen LogP contribution in [0.2, 0.25) is 0 Å². The average Bonchev–Trinajstić information content (AvgIpc) is 2.59. The zero-order valence-electron chi connectivity index (χ0n) is 13.1. The van der Waals surface area contributed by atoms with Crippen molar-refractivity contribution in [3.63, 3.8) is 0 Å². The number of amides is 1. The molecule has 1 aliphatic rings. The van der Waals surface area contributed by atoms with Gasteiger partial charge in [-0.3, -0.25) is 9.59 Å². The second kappa shape index (κ2) is 7.09. The van der Waals surface area contributed by atoms with Crippen LogP contribution in [0.3, 0.4) is 0 Å². The molecule has 1 aromatic heterocycles. The molecular weight excluding hydrogens is 374 g/mol. The van der Waals surface area contributed by atoms with Crippen molar-refractivity contribution in [3.05, 3.63) is 57.4 Å². The number of aromatic hydroxyl groups is 1. The summed E-state index contributed by atoms with van der Waals surface area (Å²) in [5.74, 6) is 0.171. The Kier molecular flexibility index (Phi) is 4.89. The first-order valence-corrected chi connectivity index (χ1v) is 8.50. The van der Waals surface area contributed by atoms with Gasteiger partial charge < -0.3 is 19.5 Å². The highest BCUT2D eigenvalue weighted by molar-refractivity contribution is 9.10. The number of benzene rings is 1. The van der Waals surface area contributed by atoms with Crippen LogP contribution in [-0.2, 0) is 11.3 Å². The Morgan fingerprint density at radius 3 is 2.50 bits per heavy atom. The molecule has 1 saturated heterocycles. The standard InChI is InChI=1S/C17H18BrN3O3/c18-13-5-6-16(23)21(11-13)12-17(24)20-9-7-19(8-10-20)14-3-1-2-4-15(14)22/h1-6,11,22H,7-10,12H2. The number of carbonyl (C=O) groups is 1. The number of phenols is 1. The maximum Gasteiger partial charge on any atom is 0.251 e. The van der Waals surface area contributed by atoms with Crippen molar-refractivity contribution >= 4 is 27.5 Å². The van der Waals surface area contributed by atoms with Gasteiger partial charge >= 0.3 is 0 Å². The third kappa shape index (κ3) is 3.62. The van der Waals surface area contributed by atoms with Crippen LogP contribution in [0, 0.1) is 0 Å². The van der Waals surface area contributed by atoms with Crippen LogP contribution in [-0.4, -0.2) is 46.7 Å². The number of piperazine rings is 1. The summed E-state index contributed by atoms with van der Waals surface area (Å²) in [6.07, 6.45) is 1.62. The van der Waals surface area contributed by atoms with Crippen LogP contribution in [0.15, 0.2) is 51.9 Å². The molecule has 1 aromatic carbocycles. The van der Waals surface area contributed by atoms with Crippen molar-refractivity contribution in [2.45, 2.75) is 6.54 Å². The van der Waals surface area contributed by atoms with Crippen LogP contribution in [0.1, 0.15) is 0 Å². The lowest BCUT2D eigenvalue weighted by Crippen LogP contribution is -2.50. The smallest absolute Gasteiger partial charge is 0.251 e. The Labute approximate surface area is 148 Å². The topological polar surface area (TPSA) is 65.8 Å². The molecule has 2 heterocycles. The Morgan fingerprint density at radius 1 is 1.08 bits per heavy atom. The number of phenolic OH excluding ortho intramolecular Hbond substituents is 1. The fraction of sp³-hybridized carbons (Fsp3) is 0.294. The maximum absolute atomic E-state index is 12.4. The number of pyridine rings is 1. The highest BCUT2D eigenvalue weighted by atomic mass is 79.9. The zero-order chi connectivity index (χ0) is 17.1. The zero-order valence-corrected chi connectivity index (χ0v) is 14.6. The van der Waals surface area contributed by atoms with E-state index >= 15 is 0 Å². The van der Waals surface area contributed by atoms with E-state index in [-0.39, 0.29) is 23.8 Å². The molecular formula is C17H18BrN3O3. The lowest BCUT2D eigenvalue weighted by atomic mass is 10.2. The maximum atomic E-state index is 12.4. The van der Waals surface area contributed by atoms with E-state index in [0.29, 0.717) is 26.2 Å². The van der Waals surface area contributed by atoms with Crippen LogP contribution < -0.4 is 10.5 Å². The predicted octanol–water partition coefficient (Wildman–Crippen LogP) is 1.67. The lowest BCUT2D eigenvalue weighted by molar-refractivity contribution is -0.132. The number of carbonyl (C=O) groups excluding carboxylic acids is 1. The van der Waals surface area contributed by atoms with Crippen molar-refractivity contribution in [1.82, 2.24) is 9.47 Å². The number of rotatable bonds is 3. The van der Waals surface area contributed by atoms with Gasteiger partial charge in [-0.1, -0.05) is 12.1 Å². The first kappa shape index (κ1) is 16.6. The number of para-hydroxylation sites is 2. The SMILES string of the molecule is O=C(Cn1cc(Br)ccc1=O)N1CCN(c2ccccc2O)CC1. The molecule has 0 radical (unpaired) electrons. The van der Waals surface area contributed by atoms with E-state index in [1.165, 1.54) is 10.6 Å². The highest BCUT2D eigenvalue weighted by Crippen LogP contribution is 2.27. The normalized spacial score (nSPS) is 14.7. The van der Waals surface area contributed by atoms with E-state index in [9.17, 15) is 14.7 Å². The van der Waals surface area contributed by atoms with E-state index in [1.54, 1.807) is 29.3 Å². The monoisotopic (exact) mass is 391 g/mol. The molecule has 1 aliphatic heterocycles. The van der Waals surface area contributed by atoms with Gasteiger partial charge in [0.25, 0.3) is 5.56 Å². The summed E-state index contributed by atoms with van der Waals surface area (Å²) in [6.45, 7) is 2.47. The van der Waals surface area contributed by atoms with E-state index in [2.05, 4.69) is 20.8 Å². The quantitative estimate of drug-likeness (QED) is 0.863. The fourth-order valence-corrected chi connectivity index (χ4v) is 3.18. The third-order valence-electron chi connectivity index (χ3n) is 4.11. The van der Waals surface area contributed by atoms with E-state index in [0.717, 1.165) is 10.2 Å². The molecule has 0 bridgehead atoms. The predicted molar refractivity (Wildman–Crippen MR) is 95.3 cm³/mol. The van der Waals surface area contributed by atoms with Gasteiger partial charge in [-0.2, -0.15) is 0 Å². The Balaban J connectivity index is 1.62. The van der Waals surface area contributed by atoms with Gasteiger partial charge in [0, 0.05) is 42.9 Å². The molecule has 1 amide bonds. The van der Waals surface area contributed by atoms with E-state index < -0.39 is 0 Å². The van der Waals surface area contributed by atoms with Crippen molar-refractivity contribution in [1.29, 1.82) is 0 Å². The van der Waals surface area contributed by atoms with Crippen LogP contribution >= 0.6 is 15.9 Å². The van der Waals surface area contributed by atoms with Crippen molar-refractivity contribution in [2.24, 2.45) is 0 Å². The molecule has 1 N–H and O–H groups in total. The summed E-state index contributed by atoms with van der Waals surface area (Å²) >= 11 is 3.31. The summed E-state index contributed by atoms with van der Waals surface area (Å²) in [7, 11) is 0. The number of aromatic nitrogens is 1. The summed E-state index contributed by atoms with van der Waals surface area (Å²) < 4.78 is 2.17. The largest absolute Gasteiger partial charge is 0.506 e. The van der Waals surface area contributed by atoms with Crippen LogP contribution in [0.4, 0.5) is 5.69 Å². The second-order valence-corrected chi connectivity index (χ2v) is 6.59. The van der Waals surface area contributed by atoms with E-state index in [1.807, 2.05) is 12.1 Å². The first-order chi connectivity index (χ1) is 11.5. The Bertz CT molecular complexity index is 798. The van der Waals surface area contributed by atoms with Crippen molar-refractivity contribution in [3.8, 4) is 5.75 Å². The molecule has 0 atom stereocenters. The molecule has 0 unspecified atom stereocenters. The highest BCUT2D eigenvalue weighted by Gasteiger charge is 2.22. The average molecular weight is 392 g/mol. The van der Waals surface area contributed by atoms with Gasteiger partial charge in [-0.05, 0) is 34.1 Å². The minimum absolute atomic E-state index is 0.0366. The number of nitrogens with zero attached hydrogens (tertiary/aromatic N) is 3. The number of halogens is 1. The van der Waals surface area contributed by atoms with Gasteiger partial charge in [0.2, 0.25) is 5.91 Å². The number of anilines is 1. The molecule has 1 fully saturated rings. The van der Waals surface area contributed by atoms with Gasteiger partial charge in [-0.15, -0.1) is 0 Å². The summed E-state index contributed by atoms with van der Waals surface area (Å²) in [4.78, 5) is 28.0. The molecule has 126 valence electrons. The summed E-state index contributed by atoms with van der Waals surface area (Å²) in [5, 5.41) is 9.92. The number of hydrogen-bond acceptors (Lipinski definition) is 4. The Hall–Kier alpha value is -2.28. The molecule has 7 heteroatoms. The summed E-state index contributed by atoms with van der Waals surface area (Å²) in [6, 6.07) is 10.3. The fourth-order valence-electron chi connectivity index (χ4n) is 2.80. The molecule has 0 spiro atoms. The molecule has 0 saturated carbocycles. The van der Waals surface area contributed by atoms with Crippen molar-refractivity contribution < 1.29 is 9.90 Å². The van der Waals surface area contributed by atoms with Gasteiger partial charge in [0.1, 0.15) is 12.3 Å². The van der Waals surface area contributed by atoms with Gasteiger partial charge in [-0.25, -0.2) is 0 Å². The molecule has 3 rings (SSSR count). The minimum atomic E-state index is -0.195. The lowest BCUT2D eigenvalue weighted by Gasteiger charge is -2.36. The molecule has 2 aromatic rings. The molecule has 0 aliphatic carbocycles. The van der Waals surface area contributed by atoms with Crippen LogP contribution in [0.25, 0.3) is 0 Å². The molecule has 6 nitrogen and oxygen atoms in total. The van der Waals surface area contributed by atoms with Crippen molar-refractivity contribution in [2.75, 3.05) is 31.1 Å². The number of hydrogen-bond donors (Lipinski definition) is 1. The second-order valence-electron chi connectivity index (χ2n) is 5.67. The van der Waals surface area contributed by atoms with Gasteiger partial charge in [0.15, 0.2) is 0 Å². The van der Waals surface area contributed by atoms with Crippen LogP contribution in [0.5, 0.6) is 5.75 Å².